The zero-order valence-electron chi connectivity index (χ0n) is 15.5. The minimum Gasteiger partial charge on any atom is -0.272 e. The molecular weight excluding hydrogens is 443 g/mol. The highest BCUT2D eigenvalue weighted by atomic mass is 35.5. The van der Waals surface area contributed by atoms with Gasteiger partial charge in [-0.1, -0.05) is 48.9 Å². The SMILES string of the molecule is CCC(=O)N(n1nc(C(F)(F)F)cc1-c1ccc(Cl)cc1)S(=O)(=O)c1ccccc1. The number of nitrogens with zero attached hydrogens (tertiary/aromatic N) is 3. The van der Waals surface area contributed by atoms with E-state index in [4.69, 9.17) is 11.6 Å². The van der Waals surface area contributed by atoms with Gasteiger partial charge in [0.25, 0.3) is 15.9 Å². The van der Waals surface area contributed by atoms with Crippen LogP contribution in [-0.4, -0.2) is 24.2 Å². The Labute approximate surface area is 175 Å². The van der Waals surface area contributed by atoms with Crippen molar-refractivity contribution in [1.82, 2.24) is 9.89 Å². The van der Waals surface area contributed by atoms with Crippen LogP contribution in [0.25, 0.3) is 11.3 Å². The van der Waals surface area contributed by atoms with Crippen LogP contribution in [0.15, 0.2) is 65.6 Å². The summed E-state index contributed by atoms with van der Waals surface area (Å²) in [6.45, 7) is 1.39. The molecule has 0 saturated carbocycles. The van der Waals surface area contributed by atoms with E-state index < -0.39 is 27.8 Å². The third kappa shape index (κ3) is 4.19. The number of rotatable bonds is 5. The highest BCUT2D eigenvalue weighted by Crippen LogP contribution is 2.33. The van der Waals surface area contributed by atoms with Gasteiger partial charge < -0.3 is 0 Å². The minimum absolute atomic E-state index is 0.194. The molecule has 0 fully saturated rings. The fourth-order valence-corrected chi connectivity index (χ4v) is 4.19. The number of hydrogen-bond acceptors (Lipinski definition) is 4. The third-order valence-corrected chi connectivity index (χ3v) is 6.01. The van der Waals surface area contributed by atoms with E-state index in [1.54, 1.807) is 6.07 Å². The summed E-state index contributed by atoms with van der Waals surface area (Å²) in [6.07, 6.45) is -5.14. The van der Waals surface area contributed by atoms with Gasteiger partial charge in [-0.05, 0) is 30.3 Å². The summed E-state index contributed by atoms with van der Waals surface area (Å²) < 4.78 is 66.7. The Balaban J connectivity index is 2.29. The van der Waals surface area contributed by atoms with Gasteiger partial charge in [0.2, 0.25) is 0 Å². The highest BCUT2D eigenvalue weighted by Gasteiger charge is 2.39. The van der Waals surface area contributed by atoms with Crippen molar-refractivity contribution in [3.63, 3.8) is 0 Å². The van der Waals surface area contributed by atoms with Crippen molar-refractivity contribution in [2.24, 2.45) is 0 Å². The number of aromatic nitrogens is 2. The molecule has 11 heteroatoms. The maximum atomic E-state index is 13.4. The Morgan fingerprint density at radius 1 is 1.10 bits per heavy atom. The van der Waals surface area contributed by atoms with Crippen LogP contribution in [0.3, 0.4) is 0 Å². The monoisotopic (exact) mass is 457 g/mol. The van der Waals surface area contributed by atoms with Gasteiger partial charge in [-0.25, -0.2) is 0 Å². The van der Waals surface area contributed by atoms with Crippen LogP contribution >= 0.6 is 11.6 Å². The lowest BCUT2D eigenvalue weighted by molar-refractivity contribution is -0.141. The molecule has 0 bridgehead atoms. The van der Waals surface area contributed by atoms with Crippen molar-refractivity contribution in [2.45, 2.75) is 24.4 Å². The molecule has 6 nitrogen and oxygen atoms in total. The van der Waals surface area contributed by atoms with Crippen LogP contribution in [0, 0.1) is 0 Å². The molecule has 30 heavy (non-hydrogen) atoms. The number of carbonyl (C=O) groups excluding carboxylic acids is 1. The van der Waals surface area contributed by atoms with E-state index in [0.29, 0.717) is 15.9 Å². The van der Waals surface area contributed by atoms with Crippen molar-refractivity contribution in [3.05, 3.63) is 71.4 Å². The largest absolute Gasteiger partial charge is 0.435 e. The number of amides is 1. The molecule has 0 atom stereocenters. The molecule has 0 radical (unpaired) electrons. The molecule has 0 aliphatic carbocycles. The summed E-state index contributed by atoms with van der Waals surface area (Å²) in [7, 11) is -4.55. The van der Waals surface area contributed by atoms with Crippen LogP contribution < -0.4 is 4.41 Å². The molecule has 0 saturated heterocycles. The molecule has 0 spiro atoms. The summed E-state index contributed by atoms with van der Waals surface area (Å²) in [5, 5.41) is 3.76. The second-order valence-electron chi connectivity index (χ2n) is 6.12. The zero-order chi connectivity index (χ0) is 22.1. The Morgan fingerprint density at radius 3 is 2.23 bits per heavy atom. The van der Waals surface area contributed by atoms with Gasteiger partial charge in [-0.3, -0.25) is 4.79 Å². The Morgan fingerprint density at radius 2 is 1.70 bits per heavy atom. The molecule has 1 aromatic heterocycles. The number of halogens is 4. The molecule has 1 heterocycles. The molecule has 0 aliphatic rings. The highest BCUT2D eigenvalue weighted by molar-refractivity contribution is 7.93. The molecule has 158 valence electrons. The molecule has 0 N–H and O–H groups in total. The van der Waals surface area contributed by atoms with Gasteiger partial charge in [-0.15, -0.1) is 9.51 Å². The summed E-state index contributed by atoms with van der Waals surface area (Å²) in [5.74, 6) is -0.953. The number of hydrogen-bond donors (Lipinski definition) is 0. The van der Waals surface area contributed by atoms with Crippen LogP contribution in [-0.2, 0) is 21.0 Å². The summed E-state index contributed by atoms with van der Waals surface area (Å²) >= 11 is 5.84. The van der Waals surface area contributed by atoms with Gasteiger partial charge in [-0.2, -0.15) is 26.4 Å². The molecule has 1 amide bonds. The first-order valence-corrected chi connectivity index (χ1v) is 10.4. The van der Waals surface area contributed by atoms with Crippen molar-refractivity contribution < 1.29 is 26.4 Å². The predicted molar refractivity (Wildman–Crippen MR) is 105 cm³/mol. The quantitative estimate of drug-likeness (QED) is 0.566. The summed E-state index contributed by atoms with van der Waals surface area (Å²) in [4.78, 5) is 12.8. The first-order valence-electron chi connectivity index (χ1n) is 8.62. The van der Waals surface area contributed by atoms with Crippen molar-refractivity contribution in [1.29, 1.82) is 0 Å². The van der Waals surface area contributed by atoms with Crippen LogP contribution in [0.2, 0.25) is 5.02 Å². The molecule has 0 aliphatic heterocycles. The van der Waals surface area contributed by atoms with Crippen LogP contribution in [0.5, 0.6) is 0 Å². The third-order valence-electron chi connectivity index (χ3n) is 4.08. The maximum Gasteiger partial charge on any atom is 0.435 e. The van der Waals surface area contributed by atoms with Gasteiger partial charge in [0.1, 0.15) is 0 Å². The lowest BCUT2D eigenvalue weighted by Gasteiger charge is -2.23. The fourth-order valence-electron chi connectivity index (χ4n) is 2.64. The molecule has 3 aromatic rings. The lowest BCUT2D eigenvalue weighted by atomic mass is 10.1. The van der Waals surface area contributed by atoms with E-state index in [0.717, 1.165) is 0 Å². The van der Waals surface area contributed by atoms with E-state index in [9.17, 15) is 26.4 Å². The van der Waals surface area contributed by atoms with Crippen molar-refractivity contribution in [2.75, 3.05) is 4.41 Å². The maximum absolute atomic E-state index is 13.4. The summed E-state index contributed by atoms with van der Waals surface area (Å²) in [5.41, 5.74) is -1.38. The van der Waals surface area contributed by atoms with Crippen molar-refractivity contribution >= 4 is 27.5 Å². The Bertz CT molecular complexity index is 1160. The van der Waals surface area contributed by atoms with Crippen LogP contribution in [0.4, 0.5) is 13.2 Å². The van der Waals surface area contributed by atoms with Gasteiger partial charge in [0.15, 0.2) is 5.69 Å². The number of sulfonamides is 1. The Hall–Kier alpha value is -2.85. The second-order valence-corrected chi connectivity index (χ2v) is 8.32. The average Bonchev–Trinajstić information content (AvgIpc) is 3.14. The lowest BCUT2D eigenvalue weighted by Crippen LogP contribution is -2.46. The smallest absolute Gasteiger partial charge is 0.272 e. The number of alkyl halides is 3. The zero-order valence-corrected chi connectivity index (χ0v) is 17.0. The molecule has 0 unspecified atom stereocenters. The topological polar surface area (TPSA) is 72.3 Å². The van der Waals surface area contributed by atoms with Crippen LogP contribution in [0.1, 0.15) is 19.0 Å². The first kappa shape index (κ1) is 21.8. The van der Waals surface area contributed by atoms with E-state index in [2.05, 4.69) is 5.10 Å². The van der Waals surface area contributed by atoms with E-state index in [1.807, 2.05) is 0 Å². The fraction of sp³-hybridized carbons (Fsp3) is 0.158. The minimum atomic E-state index is -4.86. The summed E-state index contributed by atoms with van der Waals surface area (Å²) in [6, 6.07) is 13.3. The average molecular weight is 458 g/mol. The predicted octanol–water partition coefficient (Wildman–Crippen LogP) is 4.49. The molecule has 3 rings (SSSR count). The molecular formula is C19H15ClF3N3O3S. The Kier molecular flexibility index (Phi) is 5.91. The van der Waals surface area contributed by atoms with Gasteiger partial charge in [0, 0.05) is 17.0 Å². The molecule has 2 aromatic carbocycles. The van der Waals surface area contributed by atoms with E-state index in [-0.39, 0.29) is 27.0 Å². The van der Waals surface area contributed by atoms with Gasteiger partial charge in [0.05, 0.1) is 10.6 Å². The first-order chi connectivity index (χ1) is 14.1. The number of carbonyl (C=O) groups is 1. The normalized spacial score (nSPS) is 12.0. The van der Waals surface area contributed by atoms with Gasteiger partial charge >= 0.3 is 6.18 Å². The second kappa shape index (κ2) is 8.11. The van der Waals surface area contributed by atoms with Crippen molar-refractivity contribution in [3.8, 4) is 11.3 Å². The van der Waals surface area contributed by atoms with E-state index >= 15 is 0 Å². The number of benzene rings is 2. The van der Waals surface area contributed by atoms with E-state index in [1.165, 1.54) is 55.5 Å². The standard InChI is InChI=1S/C19H15ClF3N3O3S/c1-2-18(27)26(30(28,29)15-6-4-3-5-7-15)25-16(12-17(24-25)19(21,22)23)13-8-10-14(20)11-9-13/h3-12H,2H2,1H3.